The molecule has 0 spiro atoms. The number of nitrogens with zero attached hydrogens (tertiary/aromatic N) is 2. The Bertz CT molecular complexity index is 1350. The van der Waals surface area contributed by atoms with Gasteiger partial charge in [0.05, 0.1) is 17.7 Å². The van der Waals surface area contributed by atoms with E-state index in [1.54, 1.807) is 31.2 Å². The molecular weight excluding hydrogens is 494 g/mol. The summed E-state index contributed by atoms with van der Waals surface area (Å²) in [6.45, 7) is 2.37. The molecule has 0 aliphatic rings. The monoisotopic (exact) mass is 525 g/mol. The minimum Gasteiger partial charge on any atom is -0.467 e. The van der Waals surface area contributed by atoms with Gasteiger partial charge in [-0.2, -0.15) is 0 Å². The first kappa shape index (κ1) is 27.3. The van der Waals surface area contributed by atoms with Crippen molar-refractivity contribution in [2.45, 2.75) is 32.2 Å². The van der Waals surface area contributed by atoms with E-state index in [-0.39, 0.29) is 42.6 Å². The summed E-state index contributed by atoms with van der Waals surface area (Å²) in [5.74, 6) is 0.110. The number of furan rings is 1. The minimum absolute atomic E-state index is 0.0851. The molecule has 3 aromatic carbocycles. The van der Waals surface area contributed by atoms with Crippen LogP contribution in [0, 0.1) is 17.0 Å². The Balaban J connectivity index is 1.39. The third kappa shape index (κ3) is 7.41. The van der Waals surface area contributed by atoms with Gasteiger partial charge in [0.1, 0.15) is 5.76 Å². The van der Waals surface area contributed by atoms with Crippen LogP contribution in [-0.2, 0) is 11.3 Å². The van der Waals surface area contributed by atoms with Crippen molar-refractivity contribution in [2.75, 3.05) is 13.1 Å². The van der Waals surface area contributed by atoms with Gasteiger partial charge in [-0.25, -0.2) is 0 Å². The quantitative estimate of drug-likeness (QED) is 0.184. The fourth-order valence-corrected chi connectivity index (χ4v) is 4.54. The van der Waals surface area contributed by atoms with E-state index in [9.17, 15) is 19.7 Å². The number of carbonyl (C=O) groups excluding carboxylic acids is 2. The van der Waals surface area contributed by atoms with E-state index in [2.05, 4.69) is 29.6 Å². The molecule has 39 heavy (non-hydrogen) atoms. The minimum atomic E-state index is -0.505. The second kappa shape index (κ2) is 13.2. The standard InChI is InChI=1S/C31H31N3O5/c1-23-14-15-26(21-29(23)34(37)38)31(36)33(22-27-13-8-20-39-27)19-17-30(35)32-18-16-28(24-9-4-2-5-10-24)25-11-6-3-7-12-25/h2-15,20-21,28H,16-19,22H2,1H3,(H,32,35). The number of rotatable bonds is 12. The Kier molecular flexibility index (Phi) is 9.24. The lowest BCUT2D eigenvalue weighted by atomic mass is 9.88. The first-order valence-corrected chi connectivity index (χ1v) is 12.9. The molecule has 4 rings (SSSR count). The summed E-state index contributed by atoms with van der Waals surface area (Å²) in [5, 5.41) is 14.4. The van der Waals surface area contributed by atoms with Crippen LogP contribution in [0.3, 0.4) is 0 Å². The Morgan fingerprint density at radius 3 is 2.21 bits per heavy atom. The zero-order valence-electron chi connectivity index (χ0n) is 21.8. The number of benzene rings is 3. The van der Waals surface area contributed by atoms with Crippen LogP contribution in [0.15, 0.2) is 102 Å². The van der Waals surface area contributed by atoms with Crippen molar-refractivity contribution in [1.29, 1.82) is 0 Å². The lowest BCUT2D eigenvalue weighted by molar-refractivity contribution is -0.385. The average molecular weight is 526 g/mol. The van der Waals surface area contributed by atoms with Crippen LogP contribution in [0.5, 0.6) is 0 Å². The first-order valence-electron chi connectivity index (χ1n) is 12.9. The number of nitro groups is 1. The predicted octanol–water partition coefficient (Wildman–Crippen LogP) is 5.87. The Labute approximate surface area is 227 Å². The highest BCUT2D eigenvalue weighted by Gasteiger charge is 2.22. The molecule has 1 heterocycles. The molecule has 1 aromatic heterocycles. The van der Waals surface area contributed by atoms with Gasteiger partial charge in [-0.3, -0.25) is 19.7 Å². The summed E-state index contributed by atoms with van der Waals surface area (Å²) in [7, 11) is 0. The van der Waals surface area contributed by atoms with Crippen LogP contribution in [-0.4, -0.2) is 34.7 Å². The highest BCUT2D eigenvalue weighted by Crippen LogP contribution is 2.27. The van der Waals surface area contributed by atoms with Crippen molar-refractivity contribution in [1.82, 2.24) is 10.2 Å². The normalized spacial score (nSPS) is 10.8. The van der Waals surface area contributed by atoms with Gasteiger partial charge < -0.3 is 14.6 Å². The maximum atomic E-state index is 13.3. The van der Waals surface area contributed by atoms with E-state index in [1.807, 2.05) is 36.4 Å². The van der Waals surface area contributed by atoms with Gasteiger partial charge in [-0.05, 0) is 42.7 Å². The SMILES string of the molecule is Cc1ccc(C(=O)N(CCC(=O)NCCC(c2ccccc2)c2ccccc2)Cc2ccco2)cc1[N+](=O)[O-]. The molecule has 200 valence electrons. The second-order valence-electron chi connectivity index (χ2n) is 9.33. The number of nitro benzene ring substituents is 1. The van der Waals surface area contributed by atoms with Crippen LogP contribution < -0.4 is 5.32 Å². The Morgan fingerprint density at radius 1 is 0.949 bits per heavy atom. The van der Waals surface area contributed by atoms with Gasteiger partial charge in [0.2, 0.25) is 5.91 Å². The Hall–Kier alpha value is -4.72. The summed E-state index contributed by atoms with van der Waals surface area (Å²) < 4.78 is 5.41. The highest BCUT2D eigenvalue weighted by atomic mass is 16.6. The van der Waals surface area contributed by atoms with Crippen molar-refractivity contribution in [3.8, 4) is 0 Å². The topological polar surface area (TPSA) is 106 Å². The van der Waals surface area contributed by atoms with Crippen molar-refractivity contribution in [3.63, 3.8) is 0 Å². The lowest BCUT2D eigenvalue weighted by Crippen LogP contribution is -2.35. The van der Waals surface area contributed by atoms with E-state index in [4.69, 9.17) is 4.42 Å². The number of hydrogen-bond donors (Lipinski definition) is 1. The van der Waals surface area contributed by atoms with Crippen LogP contribution in [0.4, 0.5) is 5.69 Å². The predicted molar refractivity (Wildman–Crippen MR) is 148 cm³/mol. The maximum Gasteiger partial charge on any atom is 0.273 e. The van der Waals surface area contributed by atoms with Crippen LogP contribution in [0.1, 0.15) is 51.6 Å². The van der Waals surface area contributed by atoms with Gasteiger partial charge in [0, 0.05) is 42.6 Å². The fraction of sp³-hybridized carbons (Fsp3) is 0.226. The molecule has 0 aliphatic carbocycles. The van der Waals surface area contributed by atoms with E-state index in [0.29, 0.717) is 17.9 Å². The first-order chi connectivity index (χ1) is 18.9. The third-order valence-corrected chi connectivity index (χ3v) is 6.63. The molecule has 1 N–H and O–H groups in total. The van der Waals surface area contributed by atoms with Crippen molar-refractivity contribution in [2.24, 2.45) is 0 Å². The van der Waals surface area contributed by atoms with Gasteiger partial charge in [-0.1, -0.05) is 66.7 Å². The zero-order chi connectivity index (χ0) is 27.6. The number of aryl methyl sites for hydroxylation is 1. The molecule has 0 aliphatic heterocycles. The van der Waals surface area contributed by atoms with Crippen molar-refractivity contribution >= 4 is 17.5 Å². The summed E-state index contributed by atoms with van der Waals surface area (Å²) in [4.78, 5) is 38.5. The molecule has 0 atom stereocenters. The maximum absolute atomic E-state index is 13.3. The van der Waals surface area contributed by atoms with Crippen LogP contribution >= 0.6 is 0 Å². The van der Waals surface area contributed by atoms with E-state index < -0.39 is 10.8 Å². The zero-order valence-corrected chi connectivity index (χ0v) is 21.8. The largest absolute Gasteiger partial charge is 0.467 e. The summed E-state index contributed by atoms with van der Waals surface area (Å²) in [5.41, 5.74) is 2.90. The van der Waals surface area contributed by atoms with Gasteiger partial charge in [0.15, 0.2) is 0 Å². The molecule has 0 radical (unpaired) electrons. The number of hydrogen-bond acceptors (Lipinski definition) is 5. The molecule has 8 nitrogen and oxygen atoms in total. The van der Waals surface area contributed by atoms with Crippen molar-refractivity contribution < 1.29 is 18.9 Å². The van der Waals surface area contributed by atoms with E-state index >= 15 is 0 Å². The smallest absolute Gasteiger partial charge is 0.273 e. The molecule has 0 unspecified atom stereocenters. The van der Waals surface area contributed by atoms with Gasteiger partial charge >= 0.3 is 0 Å². The summed E-state index contributed by atoms with van der Waals surface area (Å²) >= 11 is 0. The Morgan fingerprint density at radius 2 is 1.62 bits per heavy atom. The summed E-state index contributed by atoms with van der Waals surface area (Å²) in [6, 6.07) is 28.2. The number of nitrogens with one attached hydrogen (secondary N) is 1. The molecule has 0 saturated carbocycles. The molecular formula is C31H31N3O5. The van der Waals surface area contributed by atoms with E-state index in [1.165, 1.54) is 28.4 Å². The van der Waals surface area contributed by atoms with Gasteiger partial charge in [0.25, 0.3) is 11.6 Å². The second-order valence-corrected chi connectivity index (χ2v) is 9.33. The summed E-state index contributed by atoms with van der Waals surface area (Å²) in [6.07, 6.45) is 2.32. The number of amides is 2. The lowest BCUT2D eigenvalue weighted by Gasteiger charge is -2.22. The number of carbonyl (C=O) groups is 2. The molecule has 2 amide bonds. The molecule has 0 saturated heterocycles. The molecule has 4 aromatic rings. The average Bonchev–Trinajstić information content (AvgIpc) is 3.47. The molecule has 8 heteroatoms. The van der Waals surface area contributed by atoms with Gasteiger partial charge in [-0.15, -0.1) is 0 Å². The molecule has 0 fully saturated rings. The van der Waals surface area contributed by atoms with Crippen LogP contribution in [0.25, 0.3) is 0 Å². The van der Waals surface area contributed by atoms with Crippen molar-refractivity contribution in [3.05, 3.63) is 135 Å². The van der Waals surface area contributed by atoms with Crippen LogP contribution in [0.2, 0.25) is 0 Å². The highest BCUT2D eigenvalue weighted by molar-refractivity contribution is 5.95. The third-order valence-electron chi connectivity index (χ3n) is 6.63. The molecule has 0 bridgehead atoms. The van der Waals surface area contributed by atoms with E-state index in [0.717, 1.165) is 6.42 Å². The fourth-order valence-electron chi connectivity index (χ4n) is 4.54.